The minimum absolute atomic E-state index is 0.135. The van der Waals surface area contributed by atoms with Crippen LogP contribution in [0, 0.1) is 0 Å². The summed E-state index contributed by atoms with van der Waals surface area (Å²) >= 11 is 0. The number of rotatable bonds is 5. The lowest BCUT2D eigenvalue weighted by Crippen LogP contribution is -2.20. The predicted octanol–water partition coefficient (Wildman–Crippen LogP) is 1.62. The zero-order chi connectivity index (χ0) is 15.2. The monoisotopic (exact) mass is 284 g/mol. The number of aryl methyl sites for hydroxylation is 1. The van der Waals surface area contributed by atoms with E-state index >= 15 is 0 Å². The van der Waals surface area contributed by atoms with Crippen LogP contribution in [0.3, 0.4) is 0 Å². The highest BCUT2D eigenvalue weighted by Gasteiger charge is 2.08. The van der Waals surface area contributed by atoms with Crippen molar-refractivity contribution in [3.8, 4) is 5.75 Å². The molecule has 0 fully saturated rings. The molecule has 0 unspecified atom stereocenters. The molecule has 21 heavy (non-hydrogen) atoms. The summed E-state index contributed by atoms with van der Waals surface area (Å²) in [5.41, 5.74) is 4.08. The van der Waals surface area contributed by atoms with Gasteiger partial charge in [0.15, 0.2) is 0 Å². The summed E-state index contributed by atoms with van der Waals surface area (Å²) in [6, 6.07) is 6.92. The summed E-state index contributed by atoms with van der Waals surface area (Å²) < 4.78 is 1.45. The second-order valence-corrected chi connectivity index (χ2v) is 4.39. The van der Waals surface area contributed by atoms with Crippen molar-refractivity contribution in [1.82, 2.24) is 15.2 Å². The van der Waals surface area contributed by atoms with Crippen molar-refractivity contribution in [3.63, 3.8) is 0 Å². The lowest BCUT2D eigenvalue weighted by Gasteiger charge is -2.04. The Labute approximate surface area is 122 Å². The Morgan fingerprint density at radius 2 is 2.33 bits per heavy atom. The number of phenols is 1. The number of nitrogens with zero attached hydrogens (tertiary/aromatic N) is 3. The first-order valence-electron chi connectivity index (χ1n) is 6.36. The first-order chi connectivity index (χ1) is 10.1. The molecular weight excluding hydrogens is 268 g/mol. The van der Waals surface area contributed by atoms with E-state index in [-0.39, 0.29) is 11.7 Å². The highest BCUT2D eigenvalue weighted by molar-refractivity contribution is 5.93. The molecule has 0 spiro atoms. The molecule has 6 nitrogen and oxygen atoms in total. The van der Waals surface area contributed by atoms with Gasteiger partial charge in [-0.15, -0.1) is 6.58 Å². The lowest BCUT2D eigenvalue weighted by atomic mass is 10.1. The van der Waals surface area contributed by atoms with Crippen molar-refractivity contribution < 1.29 is 9.90 Å². The van der Waals surface area contributed by atoms with E-state index in [0.29, 0.717) is 17.7 Å². The Hall–Kier alpha value is -2.89. The smallest absolute Gasteiger partial charge is 0.289 e. The predicted molar refractivity (Wildman–Crippen MR) is 80.3 cm³/mol. The third kappa shape index (κ3) is 3.36. The Balaban J connectivity index is 2.08. The van der Waals surface area contributed by atoms with Crippen molar-refractivity contribution in [2.75, 3.05) is 0 Å². The Morgan fingerprint density at radius 3 is 3.00 bits per heavy atom. The number of carbonyl (C=O) groups is 1. The maximum Gasteiger partial charge on any atom is 0.289 e. The number of hydrogen-bond donors (Lipinski definition) is 2. The van der Waals surface area contributed by atoms with Crippen LogP contribution in [0.15, 0.2) is 48.2 Å². The molecule has 0 saturated heterocycles. The fourth-order valence-corrected chi connectivity index (χ4v) is 1.85. The van der Waals surface area contributed by atoms with Gasteiger partial charge in [0.05, 0.1) is 6.21 Å². The van der Waals surface area contributed by atoms with Gasteiger partial charge in [-0.1, -0.05) is 18.2 Å². The van der Waals surface area contributed by atoms with Crippen molar-refractivity contribution in [2.45, 2.75) is 6.42 Å². The minimum Gasteiger partial charge on any atom is -0.507 e. The highest BCUT2D eigenvalue weighted by Crippen LogP contribution is 2.21. The molecule has 0 aliphatic rings. The van der Waals surface area contributed by atoms with Gasteiger partial charge in [-0.05, 0) is 24.1 Å². The second-order valence-electron chi connectivity index (χ2n) is 4.39. The van der Waals surface area contributed by atoms with E-state index in [0.717, 1.165) is 5.56 Å². The van der Waals surface area contributed by atoms with Crippen molar-refractivity contribution in [3.05, 3.63) is 59.9 Å². The molecule has 1 heterocycles. The van der Waals surface area contributed by atoms with Gasteiger partial charge in [0.1, 0.15) is 11.4 Å². The van der Waals surface area contributed by atoms with E-state index in [1.807, 2.05) is 12.1 Å². The fourth-order valence-electron chi connectivity index (χ4n) is 1.85. The SMILES string of the molecule is C=CCc1cccc(/C=N/NC(=O)c2ccnn2C)c1O. The number of benzene rings is 1. The molecule has 0 aliphatic carbocycles. The Bertz CT molecular complexity index is 689. The number of carbonyl (C=O) groups excluding carboxylic acids is 1. The second kappa shape index (κ2) is 6.51. The molecule has 0 saturated carbocycles. The quantitative estimate of drug-likeness (QED) is 0.497. The third-order valence-electron chi connectivity index (χ3n) is 2.94. The minimum atomic E-state index is -0.368. The van der Waals surface area contributed by atoms with Gasteiger partial charge in [0.2, 0.25) is 0 Å². The fraction of sp³-hybridized carbons (Fsp3) is 0.133. The molecule has 1 amide bonds. The number of aromatic nitrogens is 2. The van der Waals surface area contributed by atoms with E-state index in [1.54, 1.807) is 25.3 Å². The molecule has 0 bridgehead atoms. The zero-order valence-electron chi connectivity index (χ0n) is 11.7. The van der Waals surface area contributed by atoms with Crippen molar-refractivity contribution in [1.29, 1.82) is 0 Å². The van der Waals surface area contributed by atoms with E-state index in [1.165, 1.54) is 17.1 Å². The third-order valence-corrected chi connectivity index (χ3v) is 2.94. The molecule has 0 radical (unpaired) electrons. The number of hydrazone groups is 1. The molecular formula is C15H16N4O2. The molecule has 1 aromatic heterocycles. The first kappa shape index (κ1) is 14.5. The average Bonchev–Trinajstić information content (AvgIpc) is 2.89. The van der Waals surface area contributed by atoms with Crippen LogP contribution in [0.1, 0.15) is 21.6 Å². The van der Waals surface area contributed by atoms with Crippen molar-refractivity contribution >= 4 is 12.1 Å². The molecule has 0 atom stereocenters. The Morgan fingerprint density at radius 1 is 1.52 bits per heavy atom. The topological polar surface area (TPSA) is 79.5 Å². The van der Waals surface area contributed by atoms with Crippen LogP contribution in [0.4, 0.5) is 0 Å². The van der Waals surface area contributed by atoms with E-state index in [9.17, 15) is 9.90 Å². The van der Waals surface area contributed by atoms with Gasteiger partial charge in [-0.25, -0.2) is 5.43 Å². The van der Waals surface area contributed by atoms with Crippen LogP contribution in [0.2, 0.25) is 0 Å². The van der Waals surface area contributed by atoms with Crippen LogP contribution >= 0.6 is 0 Å². The molecule has 2 aromatic rings. The lowest BCUT2D eigenvalue weighted by molar-refractivity contribution is 0.0945. The van der Waals surface area contributed by atoms with Crippen molar-refractivity contribution in [2.24, 2.45) is 12.1 Å². The van der Waals surface area contributed by atoms with Gasteiger partial charge in [-0.3, -0.25) is 9.48 Å². The highest BCUT2D eigenvalue weighted by atomic mass is 16.3. The van der Waals surface area contributed by atoms with Crippen LogP contribution in [-0.2, 0) is 13.5 Å². The number of aromatic hydroxyl groups is 1. The van der Waals surface area contributed by atoms with Gasteiger partial charge in [-0.2, -0.15) is 10.2 Å². The number of para-hydroxylation sites is 1. The summed E-state index contributed by atoms with van der Waals surface area (Å²) in [5.74, 6) is -0.232. The largest absolute Gasteiger partial charge is 0.507 e. The molecule has 1 aromatic carbocycles. The normalized spacial score (nSPS) is 10.7. The molecule has 108 valence electrons. The number of hydrogen-bond acceptors (Lipinski definition) is 4. The number of allylic oxidation sites excluding steroid dienone is 1. The number of amides is 1. The summed E-state index contributed by atoms with van der Waals surface area (Å²) in [6.07, 6.45) is 5.20. The van der Waals surface area contributed by atoms with E-state index in [2.05, 4.69) is 22.2 Å². The molecule has 2 rings (SSSR count). The van der Waals surface area contributed by atoms with Crippen LogP contribution in [-0.4, -0.2) is 27.0 Å². The number of nitrogens with one attached hydrogen (secondary N) is 1. The summed E-state index contributed by atoms with van der Waals surface area (Å²) in [5, 5.41) is 17.8. The van der Waals surface area contributed by atoms with Gasteiger partial charge < -0.3 is 5.11 Å². The first-order valence-corrected chi connectivity index (χ1v) is 6.36. The molecule has 6 heteroatoms. The Kier molecular flexibility index (Phi) is 4.50. The molecule has 2 N–H and O–H groups in total. The van der Waals surface area contributed by atoms with Gasteiger partial charge in [0, 0.05) is 18.8 Å². The summed E-state index contributed by atoms with van der Waals surface area (Å²) in [4.78, 5) is 11.8. The average molecular weight is 284 g/mol. The van der Waals surface area contributed by atoms with Crippen LogP contribution in [0.25, 0.3) is 0 Å². The molecule has 0 aliphatic heterocycles. The van der Waals surface area contributed by atoms with E-state index in [4.69, 9.17) is 0 Å². The standard InChI is InChI=1S/C15H16N4O2/c1-3-5-11-6-4-7-12(14(11)20)10-16-18-15(21)13-8-9-17-19(13)2/h3-4,6-10,20H,1,5H2,2H3,(H,18,21)/b16-10+. The van der Waals surface area contributed by atoms with Crippen LogP contribution < -0.4 is 5.43 Å². The summed E-state index contributed by atoms with van der Waals surface area (Å²) in [7, 11) is 1.67. The maximum absolute atomic E-state index is 11.8. The maximum atomic E-state index is 11.8. The van der Waals surface area contributed by atoms with Crippen LogP contribution in [0.5, 0.6) is 5.75 Å². The van der Waals surface area contributed by atoms with Gasteiger partial charge in [0.25, 0.3) is 5.91 Å². The zero-order valence-corrected chi connectivity index (χ0v) is 11.7. The van der Waals surface area contributed by atoms with E-state index < -0.39 is 0 Å². The van der Waals surface area contributed by atoms with Gasteiger partial charge >= 0.3 is 0 Å². The summed E-state index contributed by atoms with van der Waals surface area (Å²) in [6.45, 7) is 3.64. The number of phenolic OH excluding ortho intramolecular Hbond substituents is 1.